The fraction of sp³-hybridized carbons (Fsp3) is 0.353. The number of methoxy groups -OCH3 is 1. The van der Waals surface area contributed by atoms with E-state index in [2.05, 4.69) is 47.2 Å². The Hall–Kier alpha value is -1.37. The quantitative estimate of drug-likeness (QED) is 0.772. The van der Waals surface area contributed by atoms with Crippen LogP contribution in [0.2, 0.25) is 0 Å². The molecule has 0 saturated heterocycles. The maximum absolute atomic E-state index is 12.2. The van der Waals surface area contributed by atoms with Crippen molar-refractivity contribution in [3.8, 4) is 5.75 Å². The van der Waals surface area contributed by atoms with Gasteiger partial charge in [0.15, 0.2) is 0 Å². The topological polar surface area (TPSA) is 64.3 Å². The van der Waals surface area contributed by atoms with Crippen LogP contribution in [-0.2, 0) is 0 Å². The van der Waals surface area contributed by atoms with Crippen molar-refractivity contribution in [2.75, 3.05) is 13.7 Å². The highest BCUT2D eigenvalue weighted by Crippen LogP contribution is 2.34. The molecule has 23 heavy (non-hydrogen) atoms. The summed E-state index contributed by atoms with van der Waals surface area (Å²) >= 11 is 4.71. The second kappa shape index (κ2) is 7.95. The Labute approximate surface area is 149 Å². The van der Waals surface area contributed by atoms with Crippen LogP contribution in [0.25, 0.3) is 0 Å². The van der Waals surface area contributed by atoms with Crippen molar-refractivity contribution in [1.29, 1.82) is 0 Å². The highest BCUT2D eigenvalue weighted by atomic mass is 79.9. The number of halogens is 1. The van der Waals surface area contributed by atoms with Gasteiger partial charge in [-0.3, -0.25) is 4.79 Å². The van der Waals surface area contributed by atoms with Crippen molar-refractivity contribution < 1.29 is 9.53 Å². The molecule has 0 fully saturated rings. The minimum absolute atomic E-state index is 0.145. The molecular weight excluding hydrogens is 376 g/mol. The first-order valence-electron chi connectivity index (χ1n) is 7.39. The third-order valence-corrected chi connectivity index (χ3v) is 5.39. The number of carbonyl (C=O) groups excluding carboxylic acids is 1. The first-order chi connectivity index (χ1) is 10.9. The van der Waals surface area contributed by atoms with Gasteiger partial charge in [0.2, 0.25) is 0 Å². The summed E-state index contributed by atoms with van der Waals surface area (Å²) in [5.41, 5.74) is 8.46. The average Bonchev–Trinajstić information content (AvgIpc) is 2.93. The largest absolute Gasteiger partial charge is 0.495 e. The Morgan fingerprint density at radius 1 is 1.30 bits per heavy atom. The molecule has 0 aliphatic heterocycles. The van der Waals surface area contributed by atoms with E-state index in [1.54, 1.807) is 13.2 Å². The fourth-order valence-electron chi connectivity index (χ4n) is 2.14. The van der Waals surface area contributed by atoms with Gasteiger partial charge >= 0.3 is 0 Å². The summed E-state index contributed by atoms with van der Waals surface area (Å²) in [4.78, 5) is 12.8. The van der Waals surface area contributed by atoms with E-state index in [0.29, 0.717) is 23.1 Å². The summed E-state index contributed by atoms with van der Waals surface area (Å²) in [6.07, 6.45) is 0. The van der Waals surface area contributed by atoms with E-state index >= 15 is 0 Å². The van der Waals surface area contributed by atoms with Crippen molar-refractivity contribution in [2.45, 2.75) is 25.8 Å². The number of hydrogen-bond donors (Lipinski definition) is 2. The number of nitrogens with two attached hydrogens (primary N) is 1. The molecule has 0 saturated carbocycles. The Bertz CT molecular complexity index is 668. The first-order valence-corrected chi connectivity index (χ1v) is 9.00. The maximum Gasteiger partial charge on any atom is 0.261 e. The Balaban J connectivity index is 1.95. The molecule has 1 unspecified atom stereocenters. The van der Waals surface area contributed by atoms with Crippen LogP contribution in [-0.4, -0.2) is 19.6 Å². The van der Waals surface area contributed by atoms with E-state index < -0.39 is 0 Å². The molecule has 124 valence electrons. The summed E-state index contributed by atoms with van der Waals surface area (Å²) in [6, 6.07) is 9.71. The second-order valence-corrected chi connectivity index (χ2v) is 7.96. The minimum atomic E-state index is -0.231. The number of amides is 1. The number of ether oxygens (including phenoxy) is 1. The summed E-state index contributed by atoms with van der Waals surface area (Å²) in [7, 11) is 1.57. The van der Waals surface area contributed by atoms with Gasteiger partial charge < -0.3 is 15.8 Å². The molecule has 0 aliphatic rings. The zero-order chi connectivity index (χ0) is 17.0. The lowest BCUT2D eigenvalue weighted by molar-refractivity contribution is 0.0955. The average molecular weight is 397 g/mol. The first kappa shape index (κ1) is 18.0. The number of rotatable bonds is 6. The molecule has 2 aromatic rings. The Morgan fingerprint density at radius 3 is 2.43 bits per heavy atom. The van der Waals surface area contributed by atoms with Gasteiger partial charge in [-0.1, -0.05) is 38.1 Å². The summed E-state index contributed by atoms with van der Waals surface area (Å²) in [5, 5.41) is 2.87. The molecule has 1 aromatic carbocycles. The predicted octanol–water partition coefficient (Wildman–Crippen LogP) is 4.07. The highest BCUT2D eigenvalue weighted by Gasteiger charge is 2.15. The number of benzene rings is 1. The molecule has 1 atom stereocenters. The number of nitrogens with one attached hydrogen (secondary N) is 1. The lowest BCUT2D eigenvalue weighted by Crippen LogP contribution is -2.31. The third-order valence-electron chi connectivity index (χ3n) is 3.61. The minimum Gasteiger partial charge on any atom is -0.495 e. The lowest BCUT2D eigenvalue weighted by atomic mass is 9.99. The van der Waals surface area contributed by atoms with Crippen molar-refractivity contribution in [3.05, 3.63) is 50.1 Å². The van der Waals surface area contributed by atoms with Crippen LogP contribution in [0.15, 0.2) is 34.1 Å². The van der Waals surface area contributed by atoms with E-state index in [-0.39, 0.29) is 11.9 Å². The molecule has 0 aliphatic carbocycles. The second-order valence-electron chi connectivity index (χ2n) is 5.59. The van der Waals surface area contributed by atoms with Crippen LogP contribution in [0.1, 0.15) is 46.6 Å². The summed E-state index contributed by atoms with van der Waals surface area (Å²) in [6.45, 7) is 4.70. The third kappa shape index (κ3) is 4.56. The van der Waals surface area contributed by atoms with Gasteiger partial charge in [0, 0.05) is 18.7 Å². The molecule has 1 heterocycles. The normalized spacial score (nSPS) is 12.3. The Morgan fingerprint density at radius 2 is 1.91 bits per heavy atom. The van der Waals surface area contributed by atoms with E-state index in [4.69, 9.17) is 10.5 Å². The monoisotopic (exact) mass is 396 g/mol. The van der Waals surface area contributed by atoms with Gasteiger partial charge in [0.05, 0.1) is 12.0 Å². The van der Waals surface area contributed by atoms with Crippen molar-refractivity contribution >= 4 is 33.2 Å². The molecule has 1 aromatic heterocycles. The Kier molecular flexibility index (Phi) is 6.21. The van der Waals surface area contributed by atoms with Gasteiger partial charge in [-0.05, 0) is 33.0 Å². The molecular formula is C17H21BrN2O2S. The highest BCUT2D eigenvalue weighted by molar-refractivity contribution is 9.11. The summed E-state index contributed by atoms with van der Waals surface area (Å²) in [5.74, 6) is 1.01. The van der Waals surface area contributed by atoms with Crippen LogP contribution in [0.5, 0.6) is 5.75 Å². The molecule has 6 heteroatoms. The number of thiophene rings is 1. The molecule has 2 rings (SSSR count). The van der Waals surface area contributed by atoms with Crippen LogP contribution < -0.4 is 15.8 Å². The van der Waals surface area contributed by atoms with Crippen LogP contribution in [0, 0.1) is 0 Å². The predicted molar refractivity (Wildman–Crippen MR) is 98.4 cm³/mol. The smallest absolute Gasteiger partial charge is 0.261 e. The van der Waals surface area contributed by atoms with Gasteiger partial charge in [-0.2, -0.15) is 0 Å². The van der Waals surface area contributed by atoms with Crippen LogP contribution in [0.4, 0.5) is 0 Å². The van der Waals surface area contributed by atoms with Gasteiger partial charge in [0.25, 0.3) is 5.91 Å². The molecule has 0 bridgehead atoms. The number of hydrogen-bond acceptors (Lipinski definition) is 4. The van der Waals surface area contributed by atoms with Gasteiger partial charge in [-0.25, -0.2) is 0 Å². The maximum atomic E-state index is 12.2. The fourth-order valence-corrected chi connectivity index (χ4v) is 3.71. The lowest BCUT2D eigenvalue weighted by Gasteiger charge is -2.14. The molecule has 0 radical (unpaired) electrons. The van der Waals surface area contributed by atoms with Gasteiger partial charge in [-0.15, -0.1) is 11.3 Å². The zero-order valence-corrected chi connectivity index (χ0v) is 15.8. The van der Waals surface area contributed by atoms with E-state index in [1.807, 2.05) is 12.1 Å². The molecule has 1 amide bonds. The van der Waals surface area contributed by atoms with Crippen LogP contribution in [0.3, 0.4) is 0 Å². The van der Waals surface area contributed by atoms with Crippen molar-refractivity contribution in [2.24, 2.45) is 5.73 Å². The van der Waals surface area contributed by atoms with E-state index in [1.165, 1.54) is 16.9 Å². The van der Waals surface area contributed by atoms with Crippen molar-refractivity contribution in [1.82, 2.24) is 5.32 Å². The van der Waals surface area contributed by atoms with E-state index in [0.717, 1.165) is 9.35 Å². The summed E-state index contributed by atoms with van der Waals surface area (Å²) < 4.78 is 5.96. The molecule has 3 N–H and O–H groups in total. The molecule has 0 spiro atoms. The molecule has 4 nitrogen and oxygen atoms in total. The standard InChI is InChI=1S/C17H21BrN2O2S/c1-10(2)11-4-6-12(7-5-11)13(19)9-20-17(21)15-8-14(22-3)16(18)23-15/h4-8,10,13H,9,19H2,1-3H3,(H,20,21). The zero-order valence-electron chi connectivity index (χ0n) is 13.4. The van der Waals surface area contributed by atoms with Crippen molar-refractivity contribution in [3.63, 3.8) is 0 Å². The SMILES string of the molecule is COc1cc(C(=O)NCC(N)c2ccc(C(C)C)cc2)sc1Br. The number of carbonyl (C=O) groups is 1. The van der Waals surface area contributed by atoms with Gasteiger partial charge in [0.1, 0.15) is 9.54 Å². The van der Waals surface area contributed by atoms with E-state index in [9.17, 15) is 4.79 Å². The van der Waals surface area contributed by atoms with Crippen LogP contribution >= 0.6 is 27.3 Å².